The van der Waals surface area contributed by atoms with Crippen LogP contribution in [0.25, 0.3) is 11.1 Å². The predicted molar refractivity (Wildman–Crippen MR) is 99.3 cm³/mol. The SMILES string of the molecule is COC(=O)[C@@H]1[C@H]2CC[C@H](C[C@H]1c1ccc(-c3ccccc3)cc1)N2C. The van der Waals surface area contributed by atoms with Crippen molar-refractivity contribution in [2.75, 3.05) is 14.2 Å². The molecule has 4 rings (SSSR count). The Hall–Kier alpha value is -2.13. The van der Waals surface area contributed by atoms with Crippen molar-refractivity contribution in [1.29, 1.82) is 0 Å². The third-order valence-electron chi connectivity index (χ3n) is 6.19. The highest BCUT2D eigenvalue weighted by molar-refractivity contribution is 5.75. The first kappa shape index (κ1) is 16.3. The van der Waals surface area contributed by atoms with Gasteiger partial charge in [0, 0.05) is 18.0 Å². The maximum atomic E-state index is 12.5. The first-order valence-electron chi connectivity index (χ1n) is 9.14. The van der Waals surface area contributed by atoms with Gasteiger partial charge in [-0.15, -0.1) is 0 Å². The zero-order chi connectivity index (χ0) is 17.4. The summed E-state index contributed by atoms with van der Waals surface area (Å²) < 4.78 is 5.17. The van der Waals surface area contributed by atoms with E-state index in [0.717, 1.165) is 12.8 Å². The van der Waals surface area contributed by atoms with Crippen molar-refractivity contribution >= 4 is 5.97 Å². The number of hydrogen-bond donors (Lipinski definition) is 0. The molecule has 2 aromatic rings. The van der Waals surface area contributed by atoms with Crippen LogP contribution < -0.4 is 0 Å². The normalized spacial score (nSPS) is 28.7. The first-order chi connectivity index (χ1) is 12.2. The largest absolute Gasteiger partial charge is 0.469 e. The van der Waals surface area contributed by atoms with Crippen molar-refractivity contribution in [2.45, 2.75) is 37.3 Å². The Labute approximate surface area is 149 Å². The minimum Gasteiger partial charge on any atom is -0.469 e. The molecule has 0 spiro atoms. The fourth-order valence-electron chi connectivity index (χ4n) is 4.82. The Morgan fingerprint density at radius 1 is 1.00 bits per heavy atom. The molecule has 4 atom stereocenters. The van der Waals surface area contributed by atoms with Gasteiger partial charge < -0.3 is 4.74 Å². The zero-order valence-corrected chi connectivity index (χ0v) is 14.9. The molecule has 0 N–H and O–H groups in total. The molecule has 0 aliphatic carbocycles. The number of nitrogens with zero attached hydrogens (tertiary/aromatic N) is 1. The molecule has 3 heteroatoms. The number of carbonyl (C=O) groups excluding carboxylic acids is 1. The second-order valence-electron chi connectivity index (χ2n) is 7.34. The van der Waals surface area contributed by atoms with Crippen molar-refractivity contribution in [3.05, 3.63) is 60.2 Å². The predicted octanol–water partition coefficient (Wildman–Crippen LogP) is 4.09. The van der Waals surface area contributed by atoms with E-state index in [1.165, 1.54) is 30.2 Å². The van der Waals surface area contributed by atoms with Gasteiger partial charge in [0.1, 0.15) is 0 Å². The Bertz CT molecular complexity index is 740. The fraction of sp³-hybridized carbons (Fsp3) is 0.409. The highest BCUT2D eigenvalue weighted by Crippen LogP contribution is 2.46. The topological polar surface area (TPSA) is 29.5 Å². The number of methoxy groups -OCH3 is 1. The van der Waals surface area contributed by atoms with Gasteiger partial charge in [0.2, 0.25) is 0 Å². The van der Waals surface area contributed by atoms with Gasteiger partial charge in [-0.05, 0) is 43.0 Å². The van der Waals surface area contributed by atoms with Crippen LogP contribution in [0.4, 0.5) is 0 Å². The molecule has 2 heterocycles. The smallest absolute Gasteiger partial charge is 0.310 e. The number of rotatable bonds is 3. The number of fused-ring (bicyclic) bond motifs is 2. The van der Waals surface area contributed by atoms with E-state index < -0.39 is 0 Å². The molecule has 3 nitrogen and oxygen atoms in total. The highest BCUT2D eigenvalue weighted by Gasteiger charge is 2.49. The summed E-state index contributed by atoms with van der Waals surface area (Å²) in [6, 6.07) is 20.1. The van der Waals surface area contributed by atoms with Crippen LogP contribution >= 0.6 is 0 Å². The summed E-state index contributed by atoms with van der Waals surface area (Å²) in [6.07, 6.45) is 3.32. The van der Waals surface area contributed by atoms with Crippen molar-refractivity contribution in [2.24, 2.45) is 5.92 Å². The molecule has 2 bridgehead atoms. The molecular weight excluding hydrogens is 310 g/mol. The lowest BCUT2D eigenvalue weighted by atomic mass is 9.76. The van der Waals surface area contributed by atoms with E-state index in [1.54, 1.807) is 0 Å². The van der Waals surface area contributed by atoms with E-state index in [0.29, 0.717) is 12.1 Å². The van der Waals surface area contributed by atoms with Gasteiger partial charge in [-0.1, -0.05) is 54.6 Å². The second kappa shape index (κ2) is 6.64. The lowest BCUT2D eigenvalue weighted by molar-refractivity contribution is -0.150. The van der Waals surface area contributed by atoms with Crippen LogP contribution in [0.5, 0.6) is 0 Å². The van der Waals surface area contributed by atoms with Gasteiger partial charge in [-0.25, -0.2) is 0 Å². The lowest BCUT2D eigenvalue weighted by Gasteiger charge is -2.41. The number of ether oxygens (including phenoxy) is 1. The van der Waals surface area contributed by atoms with Gasteiger partial charge in [-0.2, -0.15) is 0 Å². The number of esters is 1. The van der Waals surface area contributed by atoms with Gasteiger partial charge >= 0.3 is 5.97 Å². The summed E-state index contributed by atoms with van der Waals surface area (Å²) in [5.41, 5.74) is 3.71. The van der Waals surface area contributed by atoms with Gasteiger partial charge in [0.25, 0.3) is 0 Å². The molecule has 0 radical (unpaired) electrons. The molecule has 25 heavy (non-hydrogen) atoms. The molecule has 2 fully saturated rings. The average molecular weight is 335 g/mol. The fourth-order valence-corrected chi connectivity index (χ4v) is 4.82. The Balaban J connectivity index is 1.64. The van der Waals surface area contributed by atoms with Gasteiger partial charge in [0.15, 0.2) is 0 Å². The molecule has 130 valence electrons. The molecule has 0 saturated carbocycles. The van der Waals surface area contributed by atoms with Gasteiger partial charge in [-0.3, -0.25) is 9.69 Å². The van der Waals surface area contributed by atoms with Crippen LogP contribution in [0.3, 0.4) is 0 Å². The Kier molecular flexibility index (Phi) is 4.34. The molecule has 2 aliphatic rings. The van der Waals surface area contributed by atoms with Crippen LogP contribution in [0.2, 0.25) is 0 Å². The molecular formula is C22H25NO2. The van der Waals surface area contributed by atoms with Crippen molar-refractivity contribution in [3.8, 4) is 11.1 Å². The second-order valence-corrected chi connectivity index (χ2v) is 7.34. The summed E-state index contributed by atoms with van der Waals surface area (Å²) in [4.78, 5) is 14.9. The number of benzene rings is 2. The standard InChI is InChI=1S/C22H25NO2/c1-23-18-12-13-20(23)21(22(24)25-2)19(14-18)17-10-8-16(9-11-17)15-6-4-3-5-7-15/h3-11,18-21H,12-14H2,1-2H3/t18-,19+,20-,21+/m1/s1. The number of carbonyl (C=O) groups is 1. The maximum absolute atomic E-state index is 12.5. The van der Waals surface area contributed by atoms with E-state index in [1.807, 2.05) is 6.07 Å². The van der Waals surface area contributed by atoms with E-state index in [4.69, 9.17) is 4.74 Å². The third kappa shape index (κ3) is 2.87. The monoisotopic (exact) mass is 335 g/mol. The Morgan fingerprint density at radius 3 is 2.36 bits per heavy atom. The van der Waals surface area contributed by atoms with E-state index >= 15 is 0 Å². The third-order valence-corrected chi connectivity index (χ3v) is 6.19. The van der Waals surface area contributed by atoms with Crippen LogP contribution in [-0.4, -0.2) is 37.1 Å². The summed E-state index contributed by atoms with van der Waals surface area (Å²) in [6.45, 7) is 0. The summed E-state index contributed by atoms with van der Waals surface area (Å²) >= 11 is 0. The molecule has 0 aromatic heterocycles. The number of piperidine rings is 1. The minimum absolute atomic E-state index is 0.0590. The highest BCUT2D eigenvalue weighted by atomic mass is 16.5. The van der Waals surface area contributed by atoms with Crippen LogP contribution in [-0.2, 0) is 9.53 Å². The van der Waals surface area contributed by atoms with E-state index in [9.17, 15) is 4.79 Å². The van der Waals surface area contributed by atoms with Crippen LogP contribution in [0.15, 0.2) is 54.6 Å². The summed E-state index contributed by atoms with van der Waals surface area (Å²) in [5, 5.41) is 0. The minimum atomic E-state index is -0.0608. The first-order valence-corrected chi connectivity index (χ1v) is 9.14. The maximum Gasteiger partial charge on any atom is 0.310 e. The Morgan fingerprint density at radius 2 is 1.68 bits per heavy atom. The molecule has 2 aliphatic heterocycles. The van der Waals surface area contributed by atoms with E-state index in [-0.39, 0.29) is 17.8 Å². The van der Waals surface area contributed by atoms with Crippen LogP contribution in [0.1, 0.15) is 30.7 Å². The van der Waals surface area contributed by atoms with Crippen molar-refractivity contribution < 1.29 is 9.53 Å². The molecule has 0 amide bonds. The van der Waals surface area contributed by atoms with E-state index in [2.05, 4.69) is 60.5 Å². The number of hydrogen-bond acceptors (Lipinski definition) is 3. The quantitative estimate of drug-likeness (QED) is 0.791. The molecule has 2 saturated heterocycles. The van der Waals surface area contributed by atoms with Crippen LogP contribution in [0, 0.1) is 5.92 Å². The lowest BCUT2D eigenvalue weighted by Crippen LogP contribution is -2.49. The van der Waals surface area contributed by atoms with Crippen molar-refractivity contribution in [3.63, 3.8) is 0 Å². The summed E-state index contributed by atoms with van der Waals surface area (Å²) in [5.74, 6) is 0.136. The average Bonchev–Trinajstić information content (AvgIpc) is 2.90. The molecule has 0 unspecified atom stereocenters. The summed E-state index contributed by atoms with van der Waals surface area (Å²) in [7, 11) is 3.67. The van der Waals surface area contributed by atoms with Gasteiger partial charge in [0.05, 0.1) is 13.0 Å². The molecule has 2 aromatic carbocycles. The van der Waals surface area contributed by atoms with Crippen molar-refractivity contribution in [1.82, 2.24) is 4.90 Å². The zero-order valence-electron chi connectivity index (χ0n) is 14.9.